The zero-order chi connectivity index (χ0) is 20.1. The summed E-state index contributed by atoms with van der Waals surface area (Å²) in [6, 6.07) is 16.1. The minimum Gasteiger partial charge on any atom is -0.452 e. The highest BCUT2D eigenvalue weighted by atomic mass is 16.7. The molecule has 5 atom stereocenters. The van der Waals surface area contributed by atoms with Gasteiger partial charge in [0.2, 0.25) is 0 Å². The van der Waals surface area contributed by atoms with E-state index >= 15 is 0 Å². The second-order valence-electron chi connectivity index (χ2n) is 6.21. The molecule has 148 valence electrons. The zero-order valence-corrected chi connectivity index (χ0v) is 14.8. The molecule has 8 heteroatoms. The van der Waals surface area contributed by atoms with Crippen LogP contribution in [0.2, 0.25) is 0 Å². The maximum Gasteiger partial charge on any atom is 0.338 e. The molecule has 0 amide bonds. The third kappa shape index (κ3) is 4.37. The first-order valence-corrected chi connectivity index (χ1v) is 8.65. The van der Waals surface area contributed by atoms with Gasteiger partial charge in [-0.05, 0) is 24.3 Å². The topological polar surface area (TPSA) is 123 Å². The molecule has 1 fully saturated rings. The summed E-state index contributed by atoms with van der Waals surface area (Å²) in [6.07, 6.45) is -7.37. The van der Waals surface area contributed by atoms with E-state index in [0.29, 0.717) is 0 Å². The fourth-order valence-corrected chi connectivity index (χ4v) is 2.86. The molecule has 1 heterocycles. The van der Waals surface area contributed by atoms with Gasteiger partial charge in [0.25, 0.3) is 0 Å². The van der Waals surface area contributed by atoms with Gasteiger partial charge in [-0.2, -0.15) is 0 Å². The van der Waals surface area contributed by atoms with Crippen molar-refractivity contribution < 1.29 is 39.1 Å². The van der Waals surface area contributed by atoms with Crippen molar-refractivity contribution >= 4 is 11.9 Å². The molecule has 0 aromatic heterocycles. The van der Waals surface area contributed by atoms with Gasteiger partial charge in [0.15, 0.2) is 18.5 Å². The third-order valence-electron chi connectivity index (χ3n) is 4.32. The van der Waals surface area contributed by atoms with Crippen LogP contribution in [0.15, 0.2) is 60.7 Å². The van der Waals surface area contributed by atoms with E-state index in [4.69, 9.17) is 14.2 Å². The van der Waals surface area contributed by atoms with Crippen LogP contribution in [0.4, 0.5) is 0 Å². The van der Waals surface area contributed by atoms with Crippen molar-refractivity contribution in [2.45, 2.75) is 30.7 Å². The van der Waals surface area contributed by atoms with Crippen molar-refractivity contribution in [3.05, 3.63) is 71.8 Å². The normalized spacial score (nSPS) is 27.0. The Labute approximate surface area is 160 Å². The molecule has 2 aromatic rings. The van der Waals surface area contributed by atoms with Gasteiger partial charge < -0.3 is 29.5 Å². The Morgan fingerprint density at radius 1 is 0.821 bits per heavy atom. The van der Waals surface area contributed by atoms with E-state index in [2.05, 4.69) is 0 Å². The molecule has 0 spiro atoms. The average Bonchev–Trinajstić information content (AvgIpc) is 2.74. The van der Waals surface area contributed by atoms with Crippen molar-refractivity contribution in [3.8, 4) is 0 Å². The van der Waals surface area contributed by atoms with Crippen LogP contribution in [-0.2, 0) is 14.2 Å². The van der Waals surface area contributed by atoms with Crippen LogP contribution >= 0.6 is 0 Å². The maximum atomic E-state index is 12.4. The number of carbonyl (C=O) groups excluding carboxylic acids is 2. The Kier molecular flexibility index (Phi) is 6.37. The largest absolute Gasteiger partial charge is 0.452 e. The molecule has 2 aromatic carbocycles. The molecule has 3 N–H and O–H groups in total. The number of ether oxygens (including phenoxy) is 3. The summed E-state index contributed by atoms with van der Waals surface area (Å²) in [5.74, 6) is -1.53. The van der Waals surface area contributed by atoms with Gasteiger partial charge in [0.1, 0.15) is 12.2 Å². The number of aliphatic hydroxyl groups is 3. The molecular weight excluding hydrogens is 368 g/mol. The molecule has 3 rings (SSSR count). The van der Waals surface area contributed by atoms with Gasteiger partial charge in [0, 0.05) is 0 Å². The molecule has 0 radical (unpaired) electrons. The van der Waals surface area contributed by atoms with Gasteiger partial charge in [-0.1, -0.05) is 36.4 Å². The fraction of sp³-hybridized carbons (Fsp3) is 0.300. The average molecular weight is 388 g/mol. The summed E-state index contributed by atoms with van der Waals surface area (Å²) >= 11 is 0. The first kappa shape index (κ1) is 20.0. The van der Waals surface area contributed by atoms with Crippen molar-refractivity contribution in [2.24, 2.45) is 0 Å². The van der Waals surface area contributed by atoms with Crippen LogP contribution in [0.3, 0.4) is 0 Å². The number of benzene rings is 2. The van der Waals surface area contributed by atoms with Gasteiger partial charge >= 0.3 is 11.9 Å². The lowest BCUT2D eigenvalue weighted by atomic mass is 9.98. The van der Waals surface area contributed by atoms with E-state index in [1.54, 1.807) is 36.4 Å². The standard InChI is InChI=1S/C20H20O8/c21-11-14-16(27-18(23)12-7-3-1-4-8-12)17(15(22)20(25)26-14)28-19(24)13-9-5-2-6-10-13/h1-10,14-17,20-22,25H,11H2/t14-,15+,16-,17-,20?/m1/s1. The van der Waals surface area contributed by atoms with Crippen LogP contribution in [0, 0.1) is 0 Å². The first-order chi connectivity index (χ1) is 13.5. The van der Waals surface area contributed by atoms with E-state index in [-0.39, 0.29) is 11.1 Å². The van der Waals surface area contributed by atoms with Gasteiger partial charge in [-0.25, -0.2) is 9.59 Å². The Bertz CT molecular complexity index is 741. The quantitative estimate of drug-likeness (QED) is 0.633. The number of rotatable bonds is 5. The van der Waals surface area contributed by atoms with Crippen LogP contribution < -0.4 is 0 Å². The summed E-state index contributed by atoms with van der Waals surface area (Å²) in [7, 11) is 0. The summed E-state index contributed by atoms with van der Waals surface area (Å²) in [6.45, 7) is -0.629. The van der Waals surface area contributed by atoms with E-state index in [0.717, 1.165) is 0 Å². The third-order valence-corrected chi connectivity index (χ3v) is 4.32. The maximum absolute atomic E-state index is 12.4. The van der Waals surface area contributed by atoms with Gasteiger partial charge in [-0.15, -0.1) is 0 Å². The Balaban J connectivity index is 1.83. The predicted molar refractivity (Wildman–Crippen MR) is 95.3 cm³/mol. The second kappa shape index (κ2) is 8.94. The van der Waals surface area contributed by atoms with E-state index in [1.807, 2.05) is 0 Å². The number of esters is 2. The molecule has 0 bridgehead atoms. The highest BCUT2D eigenvalue weighted by Gasteiger charge is 2.49. The van der Waals surface area contributed by atoms with Crippen molar-refractivity contribution in [1.82, 2.24) is 0 Å². The van der Waals surface area contributed by atoms with Gasteiger partial charge in [0.05, 0.1) is 17.7 Å². The zero-order valence-electron chi connectivity index (χ0n) is 14.8. The number of hydrogen-bond donors (Lipinski definition) is 3. The summed E-state index contributed by atoms with van der Waals surface area (Å²) in [5, 5.41) is 29.7. The van der Waals surface area contributed by atoms with Crippen molar-refractivity contribution in [1.29, 1.82) is 0 Å². The molecule has 1 unspecified atom stereocenters. The van der Waals surface area contributed by atoms with Crippen LogP contribution in [0.25, 0.3) is 0 Å². The second-order valence-corrected chi connectivity index (χ2v) is 6.21. The summed E-state index contributed by atoms with van der Waals surface area (Å²) < 4.78 is 15.8. The summed E-state index contributed by atoms with van der Waals surface area (Å²) in [5.41, 5.74) is 0.442. The molecule has 1 saturated heterocycles. The Morgan fingerprint density at radius 2 is 1.29 bits per heavy atom. The van der Waals surface area contributed by atoms with E-state index < -0.39 is 49.3 Å². The molecule has 1 aliphatic rings. The van der Waals surface area contributed by atoms with E-state index in [9.17, 15) is 24.9 Å². The Morgan fingerprint density at radius 3 is 1.75 bits per heavy atom. The summed E-state index contributed by atoms with van der Waals surface area (Å²) in [4.78, 5) is 24.8. The smallest absolute Gasteiger partial charge is 0.338 e. The minimum atomic E-state index is -1.72. The van der Waals surface area contributed by atoms with Crippen molar-refractivity contribution in [2.75, 3.05) is 6.61 Å². The molecular formula is C20H20O8. The van der Waals surface area contributed by atoms with Crippen molar-refractivity contribution in [3.63, 3.8) is 0 Å². The monoisotopic (exact) mass is 388 g/mol. The number of hydrogen-bond acceptors (Lipinski definition) is 8. The highest BCUT2D eigenvalue weighted by Crippen LogP contribution is 2.26. The highest BCUT2D eigenvalue weighted by molar-refractivity contribution is 5.90. The lowest BCUT2D eigenvalue weighted by Gasteiger charge is -2.41. The first-order valence-electron chi connectivity index (χ1n) is 8.65. The lowest BCUT2D eigenvalue weighted by molar-refractivity contribution is -0.285. The van der Waals surface area contributed by atoms with Crippen LogP contribution in [0.1, 0.15) is 20.7 Å². The fourth-order valence-electron chi connectivity index (χ4n) is 2.86. The van der Waals surface area contributed by atoms with Crippen LogP contribution in [0.5, 0.6) is 0 Å². The molecule has 8 nitrogen and oxygen atoms in total. The van der Waals surface area contributed by atoms with Crippen LogP contribution in [-0.4, -0.2) is 64.6 Å². The Hall–Kier alpha value is -2.78. The number of carbonyl (C=O) groups is 2. The molecule has 0 aliphatic carbocycles. The predicted octanol–water partition coefficient (Wildman–Crippen LogP) is 0.508. The molecule has 1 aliphatic heterocycles. The number of aliphatic hydroxyl groups excluding tert-OH is 3. The lowest BCUT2D eigenvalue weighted by Crippen LogP contribution is -2.61. The molecule has 0 saturated carbocycles. The van der Waals surface area contributed by atoms with E-state index in [1.165, 1.54) is 24.3 Å². The van der Waals surface area contributed by atoms with Gasteiger partial charge in [-0.3, -0.25) is 0 Å². The minimum absolute atomic E-state index is 0.212. The molecule has 28 heavy (non-hydrogen) atoms. The SMILES string of the molecule is O=C(O[C@H]1[C@H](OC(=O)c2ccccc2)[C@@H](CO)OC(O)[C@H]1O)c1ccccc1.